The minimum atomic E-state index is -0.375. The summed E-state index contributed by atoms with van der Waals surface area (Å²) in [6.07, 6.45) is 0. The number of rotatable bonds is 5. The highest BCUT2D eigenvalue weighted by atomic mass is 16.5. The highest BCUT2D eigenvalue weighted by molar-refractivity contribution is 5.95. The molecule has 0 spiro atoms. The predicted molar refractivity (Wildman–Crippen MR) is 63.7 cm³/mol. The fourth-order valence-electron chi connectivity index (χ4n) is 1.19. The second kappa shape index (κ2) is 6.49. The van der Waals surface area contributed by atoms with E-state index in [2.05, 4.69) is 10.6 Å². The number of para-hydroxylation sites is 2. The molecule has 92 valence electrons. The largest absolute Gasteiger partial charge is 0.495 e. The molecule has 0 aliphatic heterocycles. The van der Waals surface area contributed by atoms with Crippen molar-refractivity contribution in [3.05, 3.63) is 24.3 Å². The third kappa shape index (κ3) is 4.12. The standard InChI is InChI=1S/C11H15N3O3/c1-17-9-5-3-2-4-8(9)14-11(16)7-13-10(15)6-12/h2-5H,6-7,12H2,1H3,(H,13,15)(H,14,16). The van der Waals surface area contributed by atoms with E-state index in [4.69, 9.17) is 10.5 Å². The number of hydrogen-bond donors (Lipinski definition) is 3. The molecule has 0 radical (unpaired) electrons. The van der Waals surface area contributed by atoms with E-state index in [1.165, 1.54) is 7.11 Å². The first kappa shape index (κ1) is 13.0. The number of ether oxygens (including phenoxy) is 1. The summed E-state index contributed by atoms with van der Waals surface area (Å²) in [6.45, 7) is -0.254. The molecule has 1 aromatic carbocycles. The molecule has 0 aliphatic carbocycles. The zero-order valence-corrected chi connectivity index (χ0v) is 9.53. The normalized spacial score (nSPS) is 9.53. The number of carbonyl (C=O) groups excluding carboxylic acids is 2. The molecule has 0 bridgehead atoms. The van der Waals surface area contributed by atoms with Gasteiger partial charge in [-0.2, -0.15) is 0 Å². The van der Waals surface area contributed by atoms with Crippen LogP contribution in [0.15, 0.2) is 24.3 Å². The van der Waals surface area contributed by atoms with Gasteiger partial charge >= 0.3 is 0 Å². The molecule has 0 aliphatic rings. The molecule has 0 aromatic heterocycles. The van der Waals surface area contributed by atoms with E-state index in [-0.39, 0.29) is 24.9 Å². The molecule has 6 heteroatoms. The number of carbonyl (C=O) groups is 2. The van der Waals surface area contributed by atoms with Crippen molar-refractivity contribution in [1.29, 1.82) is 0 Å². The topological polar surface area (TPSA) is 93.5 Å². The molecule has 6 nitrogen and oxygen atoms in total. The van der Waals surface area contributed by atoms with E-state index in [0.29, 0.717) is 11.4 Å². The molecule has 0 atom stereocenters. The van der Waals surface area contributed by atoms with Crippen molar-refractivity contribution >= 4 is 17.5 Å². The van der Waals surface area contributed by atoms with Gasteiger partial charge in [-0.25, -0.2) is 0 Å². The molecular formula is C11H15N3O3. The predicted octanol–water partition coefficient (Wildman–Crippen LogP) is -0.291. The maximum absolute atomic E-state index is 11.5. The zero-order chi connectivity index (χ0) is 12.7. The Hall–Kier alpha value is -2.08. The molecule has 0 unspecified atom stereocenters. The lowest BCUT2D eigenvalue weighted by atomic mass is 10.3. The summed E-state index contributed by atoms with van der Waals surface area (Å²) in [6, 6.07) is 7.01. The SMILES string of the molecule is COc1ccccc1NC(=O)CNC(=O)CN. The van der Waals surface area contributed by atoms with E-state index in [0.717, 1.165) is 0 Å². The van der Waals surface area contributed by atoms with Crippen molar-refractivity contribution in [3.8, 4) is 5.75 Å². The van der Waals surface area contributed by atoms with Gasteiger partial charge in [-0.15, -0.1) is 0 Å². The van der Waals surface area contributed by atoms with Crippen LogP contribution in [0.4, 0.5) is 5.69 Å². The number of nitrogens with one attached hydrogen (secondary N) is 2. The first-order valence-corrected chi connectivity index (χ1v) is 5.07. The quantitative estimate of drug-likeness (QED) is 0.656. The van der Waals surface area contributed by atoms with E-state index in [1.807, 2.05) is 0 Å². The summed E-state index contributed by atoms with van der Waals surface area (Å²) in [7, 11) is 1.52. The summed E-state index contributed by atoms with van der Waals surface area (Å²) in [5.74, 6) is -0.150. The van der Waals surface area contributed by atoms with Crippen LogP contribution in [0.3, 0.4) is 0 Å². The third-order valence-corrected chi connectivity index (χ3v) is 2.01. The molecule has 1 rings (SSSR count). The van der Waals surface area contributed by atoms with Gasteiger partial charge in [0.25, 0.3) is 0 Å². The summed E-state index contributed by atoms with van der Waals surface area (Å²) in [5.41, 5.74) is 5.65. The molecule has 1 aromatic rings. The zero-order valence-electron chi connectivity index (χ0n) is 9.53. The first-order chi connectivity index (χ1) is 8.17. The van der Waals surface area contributed by atoms with Crippen molar-refractivity contribution in [2.24, 2.45) is 5.73 Å². The van der Waals surface area contributed by atoms with Gasteiger partial charge in [0.05, 0.1) is 25.9 Å². The molecule has 0 fully saturated rings. The Kier molecular flexibility index (Phi) is 4.96. The van der Waals surface area contributed by atoms with Crippen molar-refractivity contribution in [2.75, 3.05) is 25.5 Å². The van der Waals surface area contributed by atoms with Gasteiger partial charge in [-0.1, -0.05) is 12.1 Å². The van der Waals surface area contributed by atoms with Crippen LogP contribution in [0.5, 0.6) is 5.75 Å². The van der Waals surface area contributed by atoms with Gasteiger partial charge in [0.1, 0.15) is 5.75 Å². The highest BCUT2D eigenvalue weighted by Gasteiger charge is 2.07. The number of amides is 2. The number of hydrogen-bond acceptors (Lipinski definition) is 4. The fourth-order valence-corrected chi connectivity index (χ4v) is 1.19. The Labute approximate surface area is 99.1 Å². The van der Waals surface area contributed by atoms with Gasteiger partial charge in [0, 0.05) is 0 Å². The van der Waals surface area contributed by atoms with Crippen LogP contribution in [0.1, 0.15) is 0 Å². The summed E-state index contributed by atoms with van der Waals surface area (Å²) in [4.78, 5) is 22.3. The monoisotopic (exact) mass is 237 g/mol. The Balaban J connectivity index is 2.53. The molecule has 17 heavy (non-hydrogen) atoms. The van der Waals surface area contributed by atoms with Crippen LogP contribution in [-0.4, -0.2) is 32.0 Å². The summed E-state index contributed by atoms with van der Waals surface area (Å²) < 4.78 is 5.07. The van der Waals surface area contributed by atoms with Crippen molar-refractivity contribution in [3.63, 3.8) is 0 Å². The molecular weight excluding hydrogens is 222 g/mol. The maximum Gasteiger partial charge on any atom is 0.243 e. The van der Waals surface area contributed by atoms with Crippen LogP contribution in [0, 0.1) is 0 Å². The Morgan fingerprint density at radius 2 is 2.00 bits per heavy atom. The van der Waals surface area contributed by atoms with E-state index in [9.17, 15) is 9.59 Å². The van der Waals surface area contributed by atoms with E-state index >= 15 is 0 Å². The smallest absolute Gasteiger partial charge is 0.243 e. The van der Waals surface area contributed by atoms with Crippen LogP contribution >= 0.6 is 0 Å². The average molecular weight is 237 g/mol. The van der Waals surface area contributed by atoms with E-state index in [1.54, 1.807) is 24.3 Å². The van der Waals surface area contributed by atoms with Gasteiger partial charge in [0.15, 0.2) is 0 Å². The molecule has 0 saturated heterocycles. The van der Waals surface area contributed by atoms with Crippen LogP contribution in [0.2, 0.25) is 0 Å². The van der Waals surface area contributed by atoms with Crippen LogP contribution < -0.4 is 21.1 Å². The number of nitrogens with two attached hydrogens (primary N) is 1. The van der Waals surface area contributed by atoms with Crippen molar-refractivity contribution in [2.45, 2.75) is 0 Å². The van der Waals surface area contributed by atoms with Crippen molar-refractivity contribution < 1.29 is 14.3 Å². The number of anilines is 1. The van der Waals surface area contributed by atoms with Gasteiger partial charge in [0.2, 0.25) is 11.8 Å². The Bertz CT molecular complexity index is 407. The molecule has 2 amide bonds. The van der Waals surface area contributed by atoms with Gasteiger partial charge in [-0.05, 0) is 12.1 Å². The first-order valence-electron chi connectivity index (χ1n) is 5.07. The molecule has 0 heterocycles. The van der Waals surface area contributed by atoms with Crippen LogP contribution in [-0.2, 0) is 9.59 Å². The van der Waals surface area contributed by atoms with Gasteiger partial charge < -0.3 is 21.1 Å². The number of benzene rings is 1. The maximum atomic E-state index is 11.5. The highest BCUT2D eigenvalue weighted by Crippen LogP contribution is 2.22. The Morgan fingerprint density at radius 3 is 2.65 bits per heavy atom. The molecule has 0 saturated carbocycles. The fraction of sp³-hybridized carbons (Fsp3) is 0.273. The van der Waals surface area contributed by atoms with Crippen LogP contribution in [0.25, 0.3) is 0 Å². The summed E-state index contributed by atoms with van der Waals surface area (Å²) >= 11 is 0. The average Bonchev–Trinajstić information content (AvgIpc) is 2.36. The third-order valence-electron chi connectivity index (χ3n) is 2.01. The minimum absolute atomic E-state index is 0.117. The lowest BCUT2D eigenvalue weighted by Crippen LogP contribution is -2.36. The lowest BCUT2D eigenvalue weighted by molar-refractivity contribution is -0.123. The minimum Gasteiger partial charge on any atom is -0.495 e. The summed E-state index contributed by atoms with van der Waals surface area (Å²) in [5, 5.41) is 4.99. The lowest BCUT2D eigenvalue weighted by Gasteiger charge is -2.09. The van der Waals surface area contributed by atoms with Gasteiger partial charge in [-0.3, -0.25) is 9.59 Å². The van der Waals surface area contributed by atoms with Crippen molar-refractivity contribution in [1.82, 2.24) is 5.32 Å². The van der Waals surface area contributed by atoms with E-state index < -0.39 is 0 Å². The Morgan fingerprint density at radius 1 is 1.29 bits per heavy atom. The number of methoxy groups -OCH3 is 1. The second-order valence-electron chi connectivity index (χ2n) is 3.23. The second-order valence-corrected chi connectivity index (χ2v) is 3.23. The molecule has 4 N–H and O–H groups in total.